The number of aliphatic imine (C=N–C) groups is 1. The maximum absolute atomic E-state index is 5.66. The molecular weight excluding hydrogens is 222 g/mol. The van der Waals surface area contributed by atoms with E-state index in [1.54, 1.807) is 6.08 Å². The third-order valence-corrected chi connectivity index (χ3v) is 3.68. The number of rotatable bonds is 0. The molecule has 0 aromatic carbocycles. The van der Waals surface area contributed by atoms with E-state index in [1.165, 1.54) is 0 Å². The molecule has 1 aliphatic heterocycles. The van der Waals surface area contributed by atoms with Crippen LogP contribution in [-0.4, -0.2) is 8.10 Å². The van der Waals surface area contributed by atoms with Gasteiger partial charge >= 0.3 is 72.9 Å². The van der Waals surface area contributed by atoms with Gasteiger partial charge in [-0.3, -0.25) is 0 Å². The summed E-state index contributed by atoms with van der Waals surface area (Å²) in [5.74, 6) is 0. The zero-order chi connectivity index (χ0) is 5.98. The van der Waals surface area contributed by atoms with E-state index in [0.29, 0.717) is 5.17 Å². The molecule has 8 heavy (non-hydrogen) atoms. The Morgan fingerprint density at radius 1 is 1.50 bits per heavy atom. The van der Waals surface area contributed by atoms with Crippen molar-refractivity contribution in [2.24, 2.45) is 4.99 Å². The topological polar surface area (TPSA) is 12.4 Å². The minimum absolute atomic E-state index is 0.507. The Balaban J connectivity index is 2.89. The van der Waals surface area contributed by atoms with Gasteiger partial charge in [-0.05, 0) is 0 Å². The van der Waals surface area contributed by atoms with Gasteiger partial charge in [-0.15, -0.1) is 0 Å². The van der Waals surface area contributed by atoms with Gasteiger partial charge in [0.2, 0.25) is 0 Å². The molecule has 0 aromatic heterocycles. The average molecular weight is 224 g/mol. The second-order valence-corrected chi connectivity index (χ2v) is 6.10. The summed E-state index contributed by atoms with van der Waals surface area (Å²) in [6, 6.07) is 0. The van der Waals surface area contributed by atoms with Gasteiger partial charge in [-0.2, -0.15) is 0 Å². The molecule has 0 saturated carbocycles. The molecule has 4 heteroatoms. The van der Waals surface area contributed by atoms with Crippen LogP contribution >= 0.6 is 23.2 Å². The first-order valence-corrected chi connectivity index (χ1v) is 5.87. The fourth-order valence-corrected chi connectivity index (χ4v) is 3.09. The zero-order valence-corrected chi connectivity index (χ0v) is 8.29. The molecule has 1 aliphatic rings. The monoisotopic (exact) mass is 223 g/mol. The molecule has 0 spiro atoms. The maximum atomic E-state index is 5.66. The van der Waals surface area contributed by atoms with Crippen LogP contribution in [0.25, 0.3) is 0 Å². The molecule has 0 radical (unpaired) electrons. The molecule has 0 atom stereocenters. The van der Waals surface area contributed by atoms with Crippen LogP contribution in [0.3, 0.4) is 0 Å². The first kappa shape index (κ1) is 7.08. The summed E-state index contributed by atoms with van der Waals surface area (Å²) in [6.45, 7) is 0. The second kappa shape index (κ2) is 3.21. The third kappa shape index (κ3) is 2.06. The van der Waals surface area contributed by atoms with E-state index in [9.17, 15) is 0 Å². The fourth-order valence-electron chi connectivity index (χ4n) is 0.379. The van der Waals surface area contributed by atoms with Crippen LogP contribution in [0, 0.1) is 0 Å². The molecule has 40 valence electrons. The molecule has 1 heterocycles. The zero-order valence-electron chi connectivity index (χ0n) is 3.94. The summed E-state index contributed by atoms with van der Waals surface area (Å²) in [5.41, 5.74) is 0. The van der Waals surface area contributed by atoms with Crippen LogP contribution < -0.4 is 0 Å². The van der Waals surface area contributed by atoms with E-state index in [4.69, 9.17) is 23.2 Å². The summed E-state index contributed by atoms with van der Waals surface area (Å²) in [7, 11) is 0. The summed E-state index contributed by atoms with van der Waals surface area (Å²) >= 11 is 10.4. The predicted molar refractivity (Wildman–Crippen MR) is 33.3 cm³/mol. The molecule has 0 saturated heterocycles. The Morgan fingerprint density at radius 3 is 2.62 bits per heavy atom. The quantitative estimate of drug-likeness (QED) is 0.591. The average Bonchev–Trinajstić information content (AvgIpc) is 1.64. The Kier molecular flexibility index (Phi) is 2.84. The molecule has 0 bridgehead atoms. The normalized spacial score (nSPS) is 16.8. The van der Waals surface area contributed by atoms with E-state index in [1.807, 2.05) is 2.93 Å². The van der Waals surface area contributed by atoms with Gasteiger partial charge in [0, 0.05) is 0 Å². The molecule has 0 amide bonds. The van der Waals surface area contributed by atoms with Crippen LogP contribution in [-0.2, 0) is 28.7 Å². The van der Waals surface area contributed by atoms with Crippen LogP contribution in [0.5, 0.6) is 0 Å². The first-order chi connectivity index (χ1) is 3.79. The van der Waals surface area contributed by atoms with Crippen molar-refractivity contribution in [3.05, 3.63) is 7.92 Å². The SMILES string of the molecule is Cl[C]1=CC(Cl)=N[CH]=[Y]1. The second-order valence-electron chi connectivity index (χ2n) is 1.30. The first-order valence-electron chi connectivity index (χ1n) is 2.06. The predicted octanol–water partition coefficient (Wildman–Crippen LogP) is 1.56. The van der Waals surface area contributed by atoms with Gasteiger partial charge in [0.25, 0.3) is 0 Å². The van der Waals surface area contributed by atoms with Gasteiger partial charge in [0.15, 0.2) is 0 Å². The van der Waals surface area contributed by atoms with Crippen molar-refractivity contribution in [2.45, 2.75) is 0 Å². The van der Waals surface area contributed by atoms with Gasteiger partial charge in [0.05, 0.1) is 0 Å². The van der Waals surface area contributed by atoms with E-state index >= 15 is 0 Å². The molecule has 0 aromatic rings. The number of halogens is 2. The number of allylic oxidation sites excluding steroid dienone is 1. The van der Waals surface area contributed by atoms with Crippen molar-refractivity contribution in [1.29, 1.82) is 0 Å². The van der Waals surface area contributed by atoms with Gasteiger partial charge in [-0.1, -0.05) is 0 Å². The van der Waals surface area contributed by atoms with Crippen LogP contribution in [0.1, 0.15) is 0 Å². The van der Waals surface area contributed by atoms with E-state index < -0.39 is 28.7 Å². The van der Waals surface area contributed by atoms with Crippen LogP contribution in [0.4, 0.5) is 0 Å². The van der Waals surface area contributed by atoms with Gasteiger partial charge < -0.3 is 0 Å². The molecule has 0 unspecified atom stereocenters. The molecular formula is C4H2Cl2NY. The van der Waals surface area contributed by atoms with Crippen molar-refractivity contribution in [2.75, 3.05) is 0 Å². The van der Waals surface area contributed by atoms with Crippen LogP contribution in [0.2, 0.25) is 0 Å². The van der Waals surface area contributed by atoms with Crippen molar-refractivity contribution in [1.82, 2.24) is 0 Å². The molecule has 1 rings (SSSR count). The van der Waals surface area contributed by atoms with Crippen molar-refractivity contribution in [3.63, 3.8) is 0 Å². The fraction of sp³-hybridized carbons (Fsp3) is 0. The van der Waals surface area contributed by atoms with E-state index in [-0.39, 0.29) is 0 Å². The number of nitrogens with zero attached hydrogens (tertiary/aromatic N) is 1. The van der Waals surface area contributed by atoms with Crippen molar-refractivity contribution < 1.29 is 28.7 Å². The molecule has 1 nitrogen and oxygen atoms in total. The summed E-state index contributed by atoms with van der Waals surface area (Å²) < 4.78 is 2.81. The summed E-state index contributed by atoms with van der Waals surface area (Å²) in [5, 5.41) is 0.507. The Hall–Kier alpha value is 0.964. The van der Waals surface area contributed by atoms with E-state index in [2.05, 4.69) is 4.99 Å². The Bertz CT molecular complexity index is 180. The Labute approximate surface area is 72.2 Å². The van der Waals surface area contributed by atoms with Crippen molar-refractivity contribution in [3.8, 4) is 0 Å². The van der Waals surface area contributed by atoms with Crippen LogP contribution in [0.15, 0.2) is 12.9 Å². The number of hydrogen-bond acceptors (Lipinski definition) is 1. The number of hydrogen-bond donors (Lipinski definition) is 0. The Morgan fingerprint density at radius 2 is 2.25 bits per heavy atom. The van der Waals surface area contributed by atoms with Crippen molar-refractivity contribution >= 4 is 31.3 Å². The summed E-state index contributed by atoms with van der Waals surface area (Å²) in [6.07, 6.45) is 1.73. The minimum atomic E-state index is -0.765. The standard InChI is InChI=1S/C4H2Cl2N.Y/c1-7-4(6)2-3-5;/h1-2H;. The third-order valence-electron chi connectivity index (χ3n) is 0.689. The van der Waals surface area contributed by atoms with Gasteiger partial charge in [-0.25, -0.2) is 0 Å². The molecule has 0 fully saturated rings. The summed E-state index contributed by atoms with van der Waals surface area (Å²) in [4.78, 5) is 3.86. The van der Waals surface area contributed by atoms with E-state index in [0.717, 1.165) is 1.84 Å². The van der Waals surface area contributed by atoms with Gasteiger partial charge in [0.1, 0.15) is 0 Å². The molecule has 0 aliphatic carbocycles. The molecule has 0 N–H and O–H groups in total.